The molecule has 1 heterocycles. The molecule has 0 atom stereocenters. The maximum absolute atomic E-state index is 9.65. The van der Waals surface area contributed by atoms with Crippen LogP contribution in [0.1, 0.15) is 22.2 Å². The summed E-state index contributed by atoms with van der Waals surface area (Å²) < 4.78 is 0. The summed E-state index contributed by atoms with van der Waals surface area (Å²) in [6.45, 7) is 3.47. The molecular weight excluding hydrogens is 246 g/mol. The highest BCUT2D eigenvalue weighted by Crippen LogP contribution is 2.28. The van der Waals surface area contributed by atoms with E-state index in [0.29, 0.717) is 12.1 Å². The number of phenols is 2. The van der Waals surface area contributed by atoms with Crippen LogP contribution in [0.25, 0.3) is 0 Å². The Bertz CT molecular complexity index is 522. The summed E-state index contributed by atoms with van der Waals surface area (Å²) in [6.07, 6.45) is 1.07. The molecule has 1 aromatic carbocycles. The standard InChI is InChI=1S/C14H17NO2S/c1-2-11-6-7-12(18-11)9-15-8-10-4-3-5-13(16)14(10)17/h3-7,15-17H,2,8-9H2,1H3. The average molecular weight is 263 g/mol. The van der Waals surface area contributed by atoms with Gasteiger partial charge in [0.1, 0.15) is 0 Å². The van der Waals surface area contributed by atoms with Gasteiger partial charge in [-0.3, -0.25) is 0 Å². The first-order valence-corrected chi connectivity index (χ1v) is 6.80. The number of phenolic OH excluding ortho intramolecular Hbond substituents is 2. The Kier molecular flexibility index (Phi) is 4.23. The molecule has 3 N–H and O–H groups in total. The predicted molar refractivity (Wildman–Crippen MR) is 74.0 cm³/mol. The van der Waals surface area contributed by atoms with Crippen LogP contribution in [0.2, 0.25) is 0 Å². The van der Waals surface area contributed by atoms with E-state index >= 15 is 0 Å². The van der Waals surface area contributed by atoms with Crippen LogP contribution in [-0.4, -0.2) is 10.2 Å². The van der Waals surface area contributed by atoms with Gasteiger partial charge in [-0.1, -0.05) is 19.1 Å². The van der Waals surface area contributed by atoms with Gasteiger partial charge in [-0.05, 0) is 24.6 Å². The Balaban J connectivity index is 1.90. The summed E-state index contributed by atoms with van der Waals surface area (Å²) in [5, 5.41) is 22.3. The molecular formula is C14H17NO2S. The molecule has 0 aliphatic carbocycles. The van der Waals surface area contributed by atoms with E-state index in [4.69, 9.17) is 0 Å². The van der Waals surface area contributed by atoms with E-state index in [1.807, 2.05) is 0 Å². The van der Waals surface area contributed by atoms with Crippen molar-refractivity contribution in [2.75, 3.05) is 0 Å². The minimum Gasteiger partial charge on any atom is -0.504 e. The van der Waals surface area contributed by atoms with Crippen LogP contribution >= 0.6 is 11.3 Å². The highest BCUT2D eigenvalue weighted by molar-refractivity contribution is 7.11. The Hall–Kier alpha value is -1.52. The SMILES string of the molecule is CCc1ccc(CNCc2cccc(O)c2O)s1. The molecule has 0 spiro atoms. The second kappa shape index (κ2) is 5.89. The number of thiophene rings is 1. The number of rotatable bonds is 5. The average Bonchev–Trinajstić information content (AvgIpc) is 2.82. The predicted octanol–water partition coefficient (Wildman–Crippen LogP) is 3.01. The van der Waals surface area contributed by atoms with E-state index in [-0.39, 0.29) is 11.5 Å². The summed E-state index contributed by atoms with van der Waals surface area (Å²) in [5.74, 6) is -0.107. The van der Waals surface area contributed by atoms with Gasteiger partial charge in [-0.25, -0.2) is 0 Å². The van der Waals surface area contributed by atoms with Crippen LogP contribution in [0.15, 0.2) is 30.3 Å². The fraction of sp³-hybridized carbons (Fsp3) is 0.286. The van der Waals surface area contributed by atoms with Crippen LogP contribution < -0.4 is 5.32 Å². The lowest BCUT2D eigenvalue weighted by molar-refractivity contribution is 0.398. The number of nitrogens with one attached hydrogen (secondary N) is 1. The highest BCUT2D eigenvalue weighted by atomic mass is 32.1. The molecule has 2 aromatic rings. The quantitative estimate of drug-likeness (QED) is 0.727. The molecule has 18 heavy (non-hydrogen) atoms. The summed E-state index contributed by atoms with van der Waals surface area (Å²) in [7, 11) is 0. The van der Waals surface area contributed by atoms with E-state index < -0.39 is 0 Å². The van der Waals surface area contributed by atoms with Gasteiger partial charge in [0.05, 0.1) is 0 Å². The Morgan fingerprint density at radius 1 is 1.06 bits per heavy atom. The fourth-order valence-corrected chi connectivity index (χ4v) is 2.68. The largest absolute Gasteiger partial charge is 0.504 e. The van der Waals surface area contributed by atoms with Gasteiger partial charge in [0.25, 0.3) is 0 Å². The van der Waals surface area contributed by atoms with Gasteiger partial charge in [-0.15, -0.1) is 11.3 Å². The second-order valence-electron chi connectivity index (χ2n) is 4.11. The number of hydrogen-bond acceptors (Lipinski definition) is 4. The van der Waals surface area contributed by atoms with Crippen molar-refractivity contribution in [1.82, 2.24) is 5.32 Å². The maximum Gasteiger partial charge on any atom is 0.161 e. The summed E-state index contributed by atoms with van der Waals surface area (Å²) in [4.78, 5) is 2.67. The zero-order valence-electron chi connectivity index (χ0n) is 10.3. The first-order chi connectivity index (χ1) is 8.70. The summed E-state index contributed by atoms with van der Waals surface area (Å²) in [5.41, 5.74) is 0.710. The second-order valence-corrected chi connectivity index (χ2v) is 5.36. The molecule has 0 aliphatic heterocycles. The molecule has 0 saturated heterocycles. The van der Waals surface area contributed by atoms with Gasteiger partial charge < -0.3 is 15.5 Å². The Morgan fingerprint density at radius 3 is 2.56 bits per heavy atom. The molecule has 0 radical (unpaired) electrons. The topological polar surface area (TPSA) is 52.5 Å². The first-order valence-electron chi connectivity index (χ1n) is 5.99. The monoisotopic (exact) mass is 263 g/mol. The normalized spacial score (nSPS) is 10.7. The number of benzene rings is 1. The van der Waals surface area contributed by atoms with Crippen molar-refractivity contribution in [2.24, 2.45) is 0 Å². The van der Waals surface area contributed by atoms with Crippen molar-refractivity contribution in [3.05, 3.63) is 45.6 Å². The van der Waals surface area contributed by atoms with Gasteiger partial charge in [0.2, 0.25) is 0 Å². The molecule has 0 unspecified atom stereocenters. The zero-order valence-corrected chi connectivity index (χ0v) is 11.1. The van der Waals surface area contributed by atoms with E-state index in [9.17, 15) is 10.2 Å². The van der Waals surface area contributed by atoms with Gasteiger partial charge in [-0.2, -0.15) is 0 Å². The van der Waals surface area contributed by atoms with Crippen LogP contribution in [0.5, 0.6) is 11.5 Å². The van der Waals surface area contributed by atoms with Crippen LogP contribution in [-0.2, 0) is 19.5 Å². The van der Waals surface area contributed by atoms with Crippen molar-refractivity contribution in [3.63, 3.8) is 0 Å². The van der Waals surface area contributed by atoms with Crippen LogP contribution in [0, 0.1) is 0 Å². The lowest BCUT2D eigenvalue weighted by atomic mass is 10.2. The van der Waals surface area contributed by atoms with Gasteiger partial charge in [0.15, 0.2) is 11.5 Å². The maximum atomic E-state index is 9.65. The molecule has 0 fully saturated rings. The molecule has 0 amide bonds. The van der Waals surface area contributed by atoms with E-state index in [0.717, 1.165) is 13.0 Å². The van der Waals surface area contributed by atoms with Gasteiger partial charge in [0, 0.05) is 28.4 Å². The van der Waals surface area contributed by atoms with Crippen molar-refractivity contribution < 1.29 is 10.2 Å². The summed E-state index contributed by atoms with van der Waals surface area (Å²) in [6, 6.07) is 9.28. The van der Waals surface area contributed by atoms with E-state index in [1.54, 1.807) is 23.5 Å². The lowest BCUT2D eigenvalue weighted by Gasteiger charge is -2.06. The number of hydrogen-bond donors (Lipinski definition) is 3. The number of aromatic hydroxyl groups is 2. The van der Waals surface area contributed by atoms with Crippen LogP contribution in [0.3, 0.4) is 0 Å². The van der Waals surface area contributed by atoms with E-state index in [1.165, 1.54) is 15.8 Å². The minimum absolute atomic E-state index is 0.0366. The molecule has 0 bridgehead atoms. The zero-order chi connectivity index (χ0) is 13.0. The third-order valence-corrected chi connectivity index (χ3v) is 4.01. The molecule has 2 rings (SSSR count). The van der Waals surface area contributed by atoms with Gasteiger partial charge >= 0.3 is 0 Å². The Labute approximate surface area is 111 Å². The molecule has 96 valence electrons. The fourth-order valence-electron chi connectivity index (χ4n) is 1.75. The van der Waals surface area contributed by atoms with Crippen molar-refractivity contribution >= 4 is 11.3 Å². The third kappa shape index (κ3) is 3.03. The summed E-state index contributed by atoms with van der Waals surface area (Å²) >= 11 is 1.80. The molecule has 1 aromatic heterocycles. The van der Waals surface area contributed by atoms with Crippen LogP contribution in [0.4, 0.5) is 0 Å². The Morgan fingerprint density at radius 2 is 1.83 bits per heavy atom. The van der Waals surface area contributed by atoms with Crippen molar-refractivity contribution in [3.8, 4) is 11.5 Å². The van der Waals surface area contributed by atoms with Crippen molar-refractivity contribution in [2.45, 2.75) is 26.4 Å². The number of para-hydroxylation sites is 1. The molecule has 0 saturated carbocycles. The minimum atomic E-state index is -0.0707. The molecule has 3 nitrogen and oxygen atoms in total. The number of aryl methyl sites for hydroxylation is 1. The lowest BCUT2D eigenvalue weighted by Crippen LogP contribution is -2.11. The first kappa shape index (κ1) is 12.9. The molecule has 0 aliphatic rings. The van der Waals surface area contributed by atoms with E-state index in [2.05, 4.69) is 24.4 Å². The molecule has 4 heteroatoms. The third-order valence-electron chi connectivity index (χ3n) is 2.78. The van der Waals surface area contributed by atoms with Crippen molar-refractivity contribution in [1.29, 1.82) is 0 Å². The highest BCUT2D eigenvalue weighted by Gasteiger charge is 2.05. The smallest absolute Gasteiger partial charge is 0.161 e.